The number of carbonyl (C=O) groups excluding carboxylic acids is 1. The van der Waals surface area contributed by atoms with E-state index in [1.165, 1.54) is 6.92 Å². The number of hydrogen-bond donors (Lipinski definition) is 2. The maximum absolute atomic E-state index is 13.2. The molecule has 3 rings (SSSR count). The molecular formula is C23H24F6N2O2. The monoisotopic (exact) mass is 474 g/mol. The molecule has 1 aliphatic heterocycles. The van der Waals surface area contributed by atoms with Crippen LogP contribution >= 0.6 is 0 Å². The third-order valence-corrected chi connectivity index (χ3v) is 5.99. The van der Waals surface area contributed by atoms with Crippen LogP contribution in [0.4, 0.5) is 26.3 Å². The predicted octanol–water partition coefficient (Wildman–Crippen LogP) is 5.18. The summed E-state index contributed by atoms with van der Waals surface area (Å²) in [4.78, 5) is 11.5. The lowest BCUT2D eigenvalue weighted by atomic mass is 9.79. The predicted molar refractivity (Wildman–Crippen MR) is 109 cm³/mol. The van der Waals surface area contributed by atoms with Crippen molar-refractivity contribution in [2.24, 2.45) is 11.7 Å². The fourth-order valence-corrected chi connectivity index (χ4v) is 3.96. The van der Waals surface area contributed by atoms with Gasteiger partial charge in [-0.05, 0) is 49.1 Å². The first-order chi connectivity index (χ1) is 15.3. The molecule has 3 N–H and O–H groups in total. The second-order valence-corrected chi connectivity index (χ2v) is 8.26. The second kappa shape index (κ2) is 9.34. The molecule has 1 amide bonds. The minimum Gasteiger partial charge on any atom is -0.372 e. The van der Waals surface area contributed by atoms with Gasteiger partial charge in [0.25, 0.3) is 0 Å². The van der Waals surface area contributed by atoms with Crippen LogP contribution in [0.25, 0.3) is 0 Å². The van der Waals surface area contributed by atoms with E-state index in [0.29, 0.717) is 25.0 Å². The average Bonchev–Trinajstić information content (AvgIpc) is 2.76. The zero-order valence-electron chi connectivity index (χ0n) is 17.8. The third kappa shape index (κ3) is 5.86. The molecule has 1 fully saturated rings. The van der Waals surface area contributed by atoms with Crippen molar-refractivity contribution in [1.82, 2.24) is 5.32 Å². The molecule has 0 aliphatic carbocycles. The Balaban J connectivity index is 1.87. The zero-order chi connectivity index (χ0) is 24.4. The topological polar surface area (TPSA) is 64.3 Å². The summed E-state index contributed by atoms with van der Waals surface area (Å²) >= 11 is 0. The van der Waals surface area contributed by atoms with Gasteiger partial charge in [0, 0.05) is 6.54 Å². The number of nitrogens with two attached hydrogens (primary N) is 1. The zero-order valence-corrected chi connectivity index (χ0v) is 17.8. The maximum Gasteiger partial charge on any atom is 0.416 e. The maximum atomic E-state index is 13.2. The fraction of sp³-hybridized carbons (Fsp3) is 0.435. The number of halogens is 6. The largest absolute Gasteiger partial charge is 0.416 e. The van der Waals surface area contributed by atoms with Gasteiger partial charge in [-0.3, -0.25) is 4.79 Å². The minimum atomic E-state index is -4.93. The smallest absolute Gasteiger partial charge is 0.372 e. The Hall–Kier alpha value is -2.59. The van der Waals surface area contributed by atoms with Crippen LogP contribution in [0.5, 0.6) is 0 Å². The average molecular weight is 474 g/mol. The molecule has 2 aromatic carbocycles. The van der Waals surface area contributed by atoms with Crippen LogP contribution in [0.15, 0.2) is 48.5 Å². The van der Waals surface area contributed by atoms with Gasteiger partial charge in [0.1, 0.15) is 0 Å². The molecule has 3 atom stereocenters. The molecule has 33 heavy (non-hydrogen) atoms. The SMILES string of the molecule is CC(OC[C@@]1(c2ccccc2)CC[C@@H](C(N)=O)CN1)c1cc(C(F)(F)F)cc(C(F)(F)F)c1. The lowest BCUT2D eigenvalue weighted by molar-refractivity contribution is -0.143. The molecule has 0 radical (unpaired) electrons. The van der Waals surface area contributed by atoms with Crippen molar-refractivity contribution in [1.29, 1.82) is 0 Å². The van der Waals surface area contributed by atoms with Crippen LogP contribution in [0.1, 0.15) is 48.1 Å². The van der Waals surface area contributed by atoms with E-state index >= 15 is 0 Å². The van der Waals surface area contributed by atoms with Gasteiger partial charge in [-0.15, -0.1) is 0 Å². The Morgan fingerprint density at radius 3 is 2.12 bits per heavy atom. The molecule has 0 spiro atoms. The number of alkyl halides is 6. The molecule has 1 heterocycles. The summed E-state index contributed by atoms with van der Waals surface area (Å²) in [5.74, 6) is -0.820. The van der Waals surface area contributed by atoms with Crippen molar-refractivity contribution in [3.63, 3.8) is 0 Å². The minimum absolute atomic E-state index is 0.0265. The molecule has 0 aromatic heterocycles. The molecule has 4 nitrogen and oxygen atoms in total. The number of hydrogen-bond acceptors (Lipinski definition) is 3. The Morgan fingerprint density at radius 2 is 1.67 bits per heavy atom. The van der Waals surface area contributed by atoms with Crippen molar-refractivity contribution in [2.75, 3.05) is 13.2 Å². The summed E-state index contributed by atoms with van der Waals surface area (Å²) in [7, 11) is 0. The highest BCUT2D eigenvalue weighted by Gasteiger charge is 2.40. The van der Waals surface area contributed by atoms with E-state index in [1.54, 1.807) is 0 Å². The van der Waals surface area contributed by atoms with Gasteiger partial charge in [0.2, 0.25) is 5.91 Å². The Morgan fingerprint density at radius 1 is 1.09 bits per heavy atom. The first-order valence-electron chi connectivity index (χ1n) is 10.3. The van der Waals surface area contributed by atoms with Gasteiger partial charge in [-0.2, -0.15) is 26.3 Å². The summed E-state index contributed by atoms with van der Waals surface area (Å²) in [6.07, 6.45) is -10.00. The molecule has 0 bridgehead atoms. The molecule has 180 valence electrons. The third-order valence-electron chi connectivity index (χ3n) is 5.99. The molecular weight excluding hydrogens is 450 g/mol. The van der Waals surface area contributed by atoms with E-state index < -0.39 is 41.0 Å². The quantitative estimate of drug-likeness (QED) is 0.567. The first-order valence-corrected chi connectivity index (χ1v) is 10.3. The highest BCUT2D eigenvalue weighted by Crippen LogP contribution is 2.39. The number of rotatable bonds is 6. The van der Waals surface area contributed by atoms with Gasteiger partial charge in [0.15, 0.2) is 0 Å². The Bertz CT molecular complexity index is 935. The van der Waals surface area contributed by atoms with Crippen molar-refractivity contribution in [3.05, 3.63) is 70.8 Å². The number of primary amides is 1. The Labute approximate surface area is 187 Å². The summed E-state index contributed by atoms with van der Waals surface area (Å²) in [6, 6.07) is 10.6. The molecule has 10 heteroatoms. The van der Waals surface area contributed by atoms with Crippen LogP contribution in [0, 0.1) is 5.92 Å². The summed E-state index contributed by atoms with van der Waals surface area (Å²) in [5, 5.41) is 3.27. The van der Waals surface area contributed by atoms with Crippen LogP contribution in [-0.4, -0.2) is 19.1 Å². The molecule has 1 aliphatic rings. The number of carbonyl (C=O) groups is 1. The van der Waals surface area contributed by atoms with Crippen molar-refractivity contribution in [2.45, 2.75) is 43.8 Å². The standard InChI is InChI=1S/C23H24F6N2O2/c1-14(16-9-18(22(24,25)26)11-19(10-16)23(27,28)29)33-13-21(17-5-3-2-4-6-17)8-7-15(12-31-21)20(30)32/h2-6,9-11,14-15,31H,7-8,12-13H2,1H3,(H2,30,32)/t14?,15-,21-/m1/s1. The normalized spacial score (nSPS) is 22.7. The Kier molecular flexibility index (Phi) is 7.09. The fourth-order valence-electron chi connectivity index (χ4n) is 3.96. The van der Waals surface area contributed by atoms with Gasteiger partial charge in [-0.1, -0.05) is 30.3 Å². The summed E-state index contributed by atoms with van der Waals surface area (Å²) in [6.45, 7) is 1.66. The molecule has 0 saturated carbocycles. The van der Waals surface area contributed by atoms with Gasteiger partial charge in [-0.25, -0.2) is 0 Å². The van der Waals surface area contributed by atoms with E-state index in [-0.39, 0.29) is 30.7 Å². The second-order valence-electron chi connectivity index (χ2n) is 8.26. The molecule has 1 saturated heterocycles. The molecule has 1 unspecified atom stereocenters. The van der Waals surface area contributed by atoms with E-state index in [4.69, 9.17) is 10.5 Å². The number of benzene rings is 2. The van der Waals surface area contributed by atoms with Crippen LogP contribution in [0.3, 0.4) is 0 Å². The highest BCUT2D eigenvalue weighted by molar-refractivity contribution is 5.77. The van der Waals surface area contributed by atoms with E-state index in [2.05, 4.69) is 5.32 Å². The number of piperidine rings is 1. The summed E-state index contributed by atoms with van der Waals surface area (Å²) < 4.78 is 85.1. The van der Waals surface area contributed by atoms with E-state index in [9.17, 15) is 31.1 Å². The van der Waals surface area contributed by atoms with Crippen LogP contribution in [0.2, 0.25) is 0 Å². The van der Waals surface area contributed by atoms with Crippen LogP contribution in [-0.2, 0) is 27.4 Å². The number of ether oxygens (including phenoxy) is 1. The lowest BCUT2D eigenvalue weighted by Crippen LogP contribution is -2.54. The van der Waals surface area contributed by atoms with Crippen LogP contribution < -0.4 is 11.1 Å². The lowest BCUT2D eigenvalue weighted by Gasteiger charge is -2.41. The summed E-state index contributed by atoms with van der Waals surface area (Å²) in [5.41, 5.74) is 2.46. The van der Waals surface area contributed by atoms with Gasteiger partial charge < -0.3 is 15.8 Å². The van der Waals surface area contributed by atoms with Crippen molar-refractivity contribution < 1.29 is 35.9 Å². The van der Waals surface area contributed by atoms with Crippen molar-refractivity contribution >= 4 is 5.91 Å². The van der Waals surface area contributed by atoms with Gasteiger partial charge >= 0.3 is 12.4 Å². The van der Waals surface area contributed by atoms with Gasteiger partial charge in [0.05, 0.1) is 35.3 Å². The number of amides is 1. The van der Waals surface area contributed by atoms with E-state index in [0.717, 1.165) is 5.56 Å². The number of nitrogens with one attached hydrogen (secondary N) is 1. The first kappa shape index (κ1) is 25.0. The van der Waals surface area contributed by atoms with E-state index in [1.807, 2.05) is 30.3 Å². The molecule has 2 aromatic rings. The van der Waals surface area contributed by atoms with Crippen molar-refractivity contribution in [3.8, 4) is 0 Å². The highest BCUT2D eigenvalue weighted by atomic mass is 19.4.